The van der Waals surface area contributed by atoms with Gasteiger partial charge in [0.15, 0.2) is 0 Å². The molecule has 1 heterocycles. The van der Waals surface area contributed by atoms with E-state index in [0.29, 0.717) is 17.1 Å². The molecule has 1 aliphatic heterocycles. The Hall–Kier alpha value is -2.86. The molecule has 28 heavy (non-hydrogen) atoms. The first kappa shape index (κ1) is 19.9. The summed E-state index contributed by atoms with van der Waals surface area (Å²) in [6, 6.07) is 15.9. The lowest BCUT2D eigenvalue weighted by Crippen LogP contribution is -2.43. The van der Waals surface area contributed by atoms with Crippen LogP contribution in [0.15, 0.2) is 54.6 Å². The van der Waals surface area contributed by atoms with Gasteiger partial charge in [-0.3, -0.25) is 14.5 Å². The average molecular weight is 400 g/mol. The molecule has 2 aromatic rings. The van der Waals surface area contributed by atoms with Crippen LogP contribution in [0.2, 0.25) is 5.02 Å². The largest absolute Gasteiger partial charge is 0.354 e. The maximum absolute atomic E-state index is 12.8. The molecule has 7 heteroatoms. The van der Waals surface area contributed by atoms with Crippen molar-refractivity contribution >= 4 is 29.4 Å². The highest BCUT2D eigenvalue weighted by Gasteiger charge is 2.49. The SMILES string of the molecule is CC(CNC(=O)CN1C(=O)NC(C)(c2ccc(Cl)cc2)C1=O)c1ccccc1. The van der Waals surface area contributed by atoms with Crippen LogP contribution in [0.1, 0.15) is 30.9 Å². The first-order valence-corrected chi connectivity index (χ1v) is 9.41. The van der Waals surface area contributed by atoms with Crippen molar-refractivity contribution in [2.75, 3.05) is 13.1 Å². The standard InChI is InChI=1S/C21H22ClN3O3/c1-14(15-6-4-3-5-7-15)12-23-18(26)13-25-19(27)21(2,24-20(25)28)16-8-10-17(22)11-9-16/h3-11,14H,12-13H2,1-2H3,(H,23,26)(H,24,28). The van der Waals surface area contributed by atoms with E-state index in [-0.39, 0.29) is 18.4 Å². The maximum Gasteiger partial charge on any atom is 0.325 e. The van der Waals surface area contributed by atoms with Crippen molar-refractivity contribution in [2.24, 2.45) is 0 Å². The number of hydrogen-bond acceptors (Lipinski definition) is 3. The van der Waals surface area contributed by atoms with Crippen LogP contribution in [0.25, 0.3) is 0 Å². The lowest BCUT2D eigenvalue weighted by Gasteiger charge is -2.22. The predicted molar refractivity (Wildman–Crippen MR) is 107 cm³/mol. The Labute approximate surface area is 168 Å². The fourth-order valence-electron chi connectivity index (χ4n) is 3.19. The minimum Gasteiger partial charge on any atom is -0.354 e. The van der Waals surface area contributed by atoms with E-state index in [9.17, 15) is 14.4 Å². The molecule has 0 bridgehead atoms. The maximum atomic E-state index is 12.8. The molecule has 1 saturated heterocycles. The summed E-state index contributed by atoms with van der Waals surface area (Å²) >= 11 is 5.90. The van der Waals surface area contributed by atoms with Crippen LogP contribution in [0.4, 0.5) is 4.79 Å². The molecule has 0 aromatic heterocycles. The molecule has 2 atom stereocenters. The molecule has 3 rings (SSSR count). The zero-order valence-electron chi connectivity index (χ0n) is 15.7. The number of nitrogens with one attached hydrogen (secondary N) is 2. The van der Waals surface area contributed by atoms with E-state index < -0.39 is 17.5 Å². The van der Waals surface area contributed by atoms with Crippen molar-refractivity contribution < 1.29 is 14.4 Å². The van der Waals surface area contributed by atoms with E-state index in [1.807, 2.05) is 37.3 Å². The first-order chi connectivity index (χ1) is 13.3. The fourth-order valence-corrected chi connectivity index (χ4v) is 3.31. The van der Waals surface area contributed by atoms with Gasteiger partial charge in [-0.05, 0) is 36.1 Å². The van der Waals surface area contributed by atoms with E-state index >= 15 is 0 Å². The minimum absolute atomic E-state index is 0.118. The number of carbonyl (C=O) groups excluding carboxylic acids is 3. The van der Waals surface area contributed by atoms with Crippen molar-refractivity contribution in [2.45, 2.75) is 25.3 Å². The molecule has 2 unspecified atom stereocenters. The monoisotopic (exact) mass is 399 g/mol. The third kappa shape index (κ3) is 4.02. The molecule has 0 aliphatic carbocycles. The predicted octanol–water partition coefficient (Wildman–Crippen LogP) is 3.03. The molecule has 1 fully saturated rings. The molecule has 2 N–H and O–H groups in total. The van der Waals surface area contributed by atoms with Crippen molar-refractivity contribution in [1.29, 1.82) is 0 Å². The summed E-state index contributed by atoms with van der Waals surface area (Å²) in [6.45, 7) is 3.71. The Bertz CT molecular complexity index is 886. The quantitative estimate of drug-likeness (QED) is 0.733. The third-order valence-corrected chi connectivity index (χ3v) is 5.22. The number of amides is 4. The number of nitrogens with zero attached hydrogens (tertiary/aromatic N) is 1. The average Bonchev–Trinajstić information content (AvgIpc) is 2.91. The van der Waals surface area contributed by atoms with Crippen LogP contribution >= 0.6 is 11.6 Å². The number of imide groups is 1. The molecule has 1 aliphatic rings. The topological polar surface area (TPSA) is 78.5 Å². The van der Waals surface area contributed by atoms with Crippen LogP contribution in [0.5, 0.6) is 0 Å². The van der Waals surface area contributed by atoms with Gasteiger partial charge in [0.05, 0.1) is 0 Å². The summed E-state index contributed by atoms with van der Waals surface area (Å²) < 4.78 is 0. The Morgan fingerprint density at radius 1 is 1.14 bits per heavy atom. The van der Waals surface area contributed by atoms with Gasteiger partial charge in [-0.1, -0.05) is 61.0 Å². The van der Waals surface area contributed by atoms with E-state index in [4.69, 9.17) is 11.6 Å². The molecule has 146 valence electrons. The summed E-state index contributed by atoms with van der Waals surface area (Å²) in [6.07, 6.45) is 0. The van der Waals surface area contributed by atoms with E-state index in [1.54, 1.807) is 31.2 Å². The van der Waals surface area contributed by atoms with Gasteiger partial charge in [0, 0.05) is 11.6 Å². The third-order valence-electron chi connectivity index (χ3n) is 4.97. The minimum atomic E-state index is -1.22. The molecule has 6 nitrogen and oxygen atoms in total. The van der Waals surface area contributed by atoms with Crippen molar-refractivity contribution in [3.63, 3.8) is 0 Å². The highest BCUT2D eigenvalue weighted by Crippen LogP contribution is 2.29. The molecule has 0 saturated carbocycles. The van der Waals surface area contributed by atoms with Gasteiger partial charge in [0.25, 0.3) is 5.91 Å². The van der Waals surface area contributed by atoms with Crippen LogP contribution < -0.4 is 10.6 Å². The zero-order valence-corrected chi connectivity index (χ0v) is 16.5. The second kappa shape index (κ2) is 8.02. The van der Waals surface area contributed by atoms with E-state index in [1.165, 1.54) is 0 Å². The van der Waals surface area contributed by atoms with Gasteiger partial charge >= 0.3 is 6.03 Å². The second-order valence-corrected chi connectivity index (χ2v) is 7.51. The lowest BCUT2D eigenvalue weighted by atomic mass is 9.92. The van der Waals surface area contributed by atoms with Crippen molar-refractivity contribution in [1.82, 2.24) is 15.5 Å². The van der Waals surface area contributed by atoms with Gasteiger partial charge in [-0.25, -0.2) is 4.79 Å². The molecule has 4 amide bonds. The summed E-state index contributed by atoms with van der Waals surface area (Å²) in [5.74, 6) is -0.731. The zero-order chi connectivity index (χ0) is 20.3. The van der Waals surface area contributed by atoms with Gasteiger partial charge in [-0.15, -0.1) is 0 Å². The van der Waals surface area contributed by atoms with Gasteiger partial charge < -0.3 is 10.6 Å². The molecular formula is C21H22ClN3O3. The summed E-state index contributed by atoms with van der Waals surface area (Å²) in [5, 5.41) is 6.00. The number of benzene rings is 2. The number of rotatable bonds is 6. The first-order valence-electron chi connectivity index (χ1n) is 9.03. The Balaban J connectivity index is 1.62. The van der Waals surface area contributed by atoms with Crippen LogP contribution in [0, 0.1) is 0 Å². The van der Waals surface area contributed by atoms with E-state index in [2.05, 4.69) is 10.6 Å². The van der Waals surface area contributed by atoms with Crippen molar-refractivity contribution in [3.8, 4) is 0 Å². The highest BCUT2D eigenvalue weighted by molar-refractivity contribution is 6.30. The normalized spacial score (nSPS) is 20.0. The fraction of sp³-hybridized carbons (Fsp3) is 0.286. The van der Waals surface area contributed by atoms with Crippen LogP contribution in [-0.4, -0.2) is 35.8 Å². The van der Waals surface area contributed by atoms with Crippen molar-refractivity contribution in [3.05, 3.63) is 70.7 Å². The Morgan fingerprint density at radius 3 is 2.43 bits per heavy atom. The molecule has 0 radical (unpaired) electrons. The van der Waals surface area contributed by atoms with Gasteiger partial charge in [-0.2, -0.15) is 0 Å². The van der Waals surface area contributed by atoms with Gasteiger partial charge in [0.1, 0.15) is 12.1 Å². The number of urea groups is 1. The Kier molecular flexibility index (Phi) is 5.70. The Morgan fingerprint density at radius 2 is 1.79 bits per heavy atom. The van der Waals surface area contributed by atoms with E-state index in [0.717, 1.165) is 10.5 Å². The van der Waals surface area contributed by atoms with Crippen LogP contribution in [0.3, 0.4) is 0 Å². The van der Waals surface area contributed by atoms with Crippen LogP contribution in [-0.2, 0) is 15.1 Å². The molecule has 0 spiro atoms. The summed E-state index contributed by atoms with van der Waals surface area (Å²) in [7, 11) is 0. The molecular weight excluding hydrogens is 378 g/mol. The number of hydrogen-bond donors (Lipinski definition) is 2. The second-order valence-electron chi connectivity index (χ2n) is 7.07. The lowest BCUT2D eigenvalue weighted by molar-refractivity contribution is -0.134. The summed E-state index contributed by atoms with van der Waals surface area (Å²) in [4.78, 5) is 38.4. The van der Waals surface area contributed by atoms with Gasteiger partial charge in [0.2, 0.25) is 5.91 Å². The molecule has 2 aromatic carbocycles. The number of carbonyl (C=O) groups is 3. The smallest absolute Gasteiger partial charge is 0.325 e. The number of halogens is 1. The highest BCUT2D eigenvalue weighted by atomic mass is 35.5. The summed E-state index contributed by atoms with van der Waals surface area (Å²) in [5.41, 5.74) is 0.489.